The lowest BCUT2D eigenvalue weighted by Gasteiger charge is -2.40. The summed E-state index contributed by atoms with van der Waals surface area (Å²) in [7, 11) is 0. The zero-order chi connectivity index (χ0) is 37.1. The average molecular weight is 733 g/mol. The second-order valence-corrected chi connectivity index (χ2v) is 15.6. The van der Waals surface area contributed by atoms with Crippen LogP contribution in [-0.2, 0) is 5.41 Å². The van der Waals surface area contributed by atoms with Gasteiger partial charge in [-0.1, -0.05) is 145 Å². The first-order chi connectivity index (χ1) is 27.8. The van der Waals surface area contributed by atoms with Crippen molar-refractivity contribution in [1.29, 1.82) is 0 Å². The highest BCUT2D eigenvalue weighted by atomic mass is 32.2. The molecule has 9 aromatic rings. The molecule has 2 aliphatic rings. The Morgan fingerprint density at radius 1 is 0.321 bits per heavy atom. The van der Waals surface area contributed by atoms with E-state index in [1.165, 1.54) is 53.9 Å². The van der Waals surface area contributed by atoms with Crippen molar-refractivity contribution in [2.75, 3.05) is 9.80 Å². The maximum atomic E-state index is 2.44. The van der Waals surface area contributed by atoms with Crippen LogP contribution in [0.3, 0.4) is 0 Å². The first-order valence-corrected chi connectivity index (χ1v) is 20.0. The van der Waals surface area contributed by atoms with Crippen molar-refractivity contribution in [1.82, 2.24) is 0 Å². The molecule has 0 N–H and O–H groups in total. The van der Waals surface area contributed by atoms with Crippen LogP contribution in [0.4, 0.5) is 34.1 Å². The van der Waals surface area contributed by atoms with E-state index in [4.69, 9.17) is 0 Å². The molecule has 2 nitrogen and oxygen atoms in total. The third kappa shape index (κ3) is 4.98. The molecule has 0 aromatic heterocycles. The summed E-state index contributed by atoms with van der Waals surface area (Å²) in [5, 5.41) is 2.55. The smallest absolute Gasteiger partial charge is 0.0741 e. The van der Waals surface area contributed by atoms with Crippen LogP contribution < -0.4 is 9.80 Å². The van der Waals surface area contributed by atoms with Gasteiger partial charge in [0.15, 0.2) is 0 Å². The molecular formula is C53H36N2S. The number of fused-ring (bicyclic) bond motifs is 11. The fraction of sp³-hybridized carbons (Fsp3) is 0.0189. The SMILES string of the molecule is c1ccc(N(c2ccccc2)c2ccc3c(c2)-c2cc(N(c4ccccc4)c4ccccc4)ccc2C32c3ccccc3Sc3ccc4ccccc4c32)cc1. The molecular weight excluding hydrogens is 697 g/mol. The van der Waals surface area contributed by atoms with Crippen LogP contribution in [0, 0.1) is 0 Å². The zero-order valence-electron chi connectivity index (χ0n) is 30.6. The maximum Gasteiger partial charge on any atom is 0.0741 e. The van der Waals surface area contributed by atoms with Crippen LogP contribution >= 0.6 is 11.8 Å². The van der Waals surface area contributed by atoms with E-state index >= 15 is 0 Å². The Kier molecular flexibility index (Phi) is 7.68. The first-order valence-electron chi connectivity index (χ1n) is 19.2. The highest BCUT2D eigenvalue weighted by Gasteiger charge is 2.51. The summed E-state index contributed by atoms with van der Waals surface area (Å²) >= 11 is 1.90. The Morgan fingerprint density at radius 2 is 0.768 bits per heavy atom. The van der Waals surface area contributed by atoms with E-state index in [1.807, 2.05) is 11.8 Å². The van der Waals surface area contributed by atoms with Crippen LogP contribution in [0.5, 0.6) is 0 Å². The lowest BCUT2D eigenvalue weighted by molar-refractivity contribution is 0.730. The van der Waals surface area contributed by atoms with Crippen molar-refractivity contribution in [2.45, 2.75) is 15.2 Å². The van der Waals surface area contributed by atoms with Crippen LogP contribution in [0.25, 0.3) is 21.9 Å². The van der Waals surface area contributed by atoms with Gasteiger partial charge in [-0.25, -0.2) is 0 Å². The molecule has 1 aliphatic carbocycles. The molecule has 56 heavy (non-hydrogen) atoms. The Labute approximate surface area is 332 Å². The van der Waals surface area contributed by atoms with Gasteiger partial charge < -0.3 is 9.80 Å². The molecule has 0 radical (unpaired) electrons. The molecule has 3 heteroatoms. The minimum Gasteiger partial charge on any atom is -0.310 e. The molecule has 0 unspecified atom stereocenters. The van der Waals surface area contributed by atoms with Crippen LogP contribution in [0.1, 0.15) is 22.3 Å². The fourth-order valence-electron chi connectivity index (χ4n) is 9.19. The lowest BCUT2D eigenvalue weighted by Crippen LogP contribution is -2.32. The van der Waals surface area contributed by atoms with Crippen molar-refractivity contribution < 1.29 is 0 Å². The van der Waals surface area contributed by atoms with Crippen molar-refractivity contribution >= 4 is 56.7 Å². The molecule has 0 saturated heterocycles. The van der Waals surface area contributed by atoms with Gasteiger partial charge in [-0.05, 0) is 129 Å². The Morgan fingerprint density at radius 3 is 1.29 bits per heavy atom. The first kappa shape index (κ1) is 32.6. The summed E-state index contributed by atoms with van der Waals surface area (Å²) in [5.74, 6) is 0. The Hall–Kier alpha value is -6.81. The molecule has 0 fully saturated rings. The quantitative estimate of drug-likeness (QED) is 0.168. The van der Waals surface area contributed by atoms with Crippen LogP contribution in [-0.4, -0.2) is 0 Å². The van der Waals surface area contributed by atoms with Crippen LogP contribution in [0.15, 0.2) is 228 Å². The van der Waals surface area contributed by atoms with E-state index in [0.29, 0.717) is 0 Å². The molecule has 0 amide bonds. The van der Waals surface area contributed by atoms with Gasteiger partial charge in [0, 0.05) is 43.9 Å². The molecule has 0 bridgehead atoms. The van der Waals surface area contributed by atoms with E-state index < -0.39 is 5.41 Å². The number of anilines is 6. The van der Waals surface area contributed by atoms with Gasteiger partial charge in [0.05, 0.1) is 5.41 Å². The number of para-hydroxylation sites is 4. The van der Waals surface area contributed by atoms with E-state index in [2.05, 4.69) is 228 Å². The van der Waals surface area contributed by atoms with Crippen molar-refractivity contribution in [3.8, 4) is 11.1 Å². The second-order valence-electron chi connectivity index (χ2n) is 14.5. The standard InChI is InChI=1S/C53H36N2S/c1-5-18-38(19-6-1)54(39-20-7-2-8-21-39)42-30-32-47-45(35-42)46-36-43(55(40-22-9-3-10-23-40)41-24-11-4-12-25-41)31-33-48(46)53(47)49-27-15-16-28-50(49)56-51-34-29-37-17-13-14-26-44(37)52(51)53/h1-36H. The number of rotatable bonds is 6. The number of nitrogens with zero attached hydrogens (tertiary/aromatic N) is 2. The molecule has 0 saturated carbocycles. The van der Waals surface area contributed by atoms with Gasteiger partial charge in [-0.2, -0.15) is 0 Å². The van der Waals surface area contributed by atoms with E-state index in [0.717, 1.165) is 34.1 Å². The third-order valence-corrected chi connectivity index (χ3v) is 12.6. The largest absolute Gasteiger partial charge is 0.310 e. The lowest BCUT2D eigenvalue weighted by atomic mass is 9.66. The molecule has 1 spiro atoms. The molecule has 1 aliphatic heterocycles. The minimum absolute atomic E-state index is 0.533. The Balaban J connectivity index is 1.24. The van der Waals surface area contributed by atoms with Gasteiger partial charge in [-0.15, -0.1) is 0 Å². The van der Waals surface area contributed by atoms with Crippen LogP contribution in [0.2, 0.25) is 0 Å². The molecule has 1 heterocycles. The van der Waals surface area contributed by atoms with Crippen molar-refractivity contribution in [3.63, 3.8) is 0 Å². The van der Waals surface area contributed by atoms with Gasteiger partial charge in [0.25, 0.3) is 0 Å². The predicted octanol–water partition coefficient (Wildman–Crippen LogP) is 14.6. The normalized spacial score (nSPS) is 13.1. The van der Waals surface area contributed by atoms with Gasteiger partial charge in [0.2, 0.25) is 0 Å². The number of benzene rings is 9. The summed E-state index contributed by atoms with van der Waals surface area (Å²) in [6.45, 7) is 0. The molecule has 9 aromatic carbocycles. The van der Waals surface area contributed by atoms with Gasteiger partial charge in [0.1, 0.15) is 0 Å². The van der Waals surface area contributed by atoms with E-state index in [-0.39, 0.29) is 0 Å². The summed E-state index contributed by atoms with van der Waals surface area (Å²) < 4.78 is 0. The minimum atomic E-state index is -0.533. The molecule has 0 atom stereocenters. The Bertz CT molecular complexity index is 2680. The summed E-state index contributed by atoms with van der Waals surface area (Å²) in [6.07, 6.45) is 0. The summed E-state index contributed by atoms with van der Waals surface area (Å²) in [6, 6.07) is 79.9. The van der Waals surface area contributed by atoms with E-state index in [9.17, 15) is 0 Å². The topological polar surface area (TPSA) is 6.48 Å². The fourth-order valence-corrected chi connectivity index (χ4v) is 10.4. The average Bonchev–Trinajstić information content (AvgIpc) is 3.54. The maximum absolute atomic E-state index is 2.44. The third-order valence-electron chi connectivity index (χ3n) is 11.5. The van der Waals surface area contributed by atoms with E-state index in [1.54, 1.807) is 0 Å². The van der Waals surface area contributed by atoms with Crippen molar-refractivity contribution in [3.05, 3.63) is 241 Å². The second kappa shape index (κ2) is 13.2. The summed E-state index contributed by atoms with van der Waals surface area (Å²) in [5.41, 5.74) is 14.0. The summed E-state index contributed by atoms with van der Waals surface area (Å²) in [4.78, 5) is 7.36. The molecule has 11 rings (SSSR count). The van der Waals surface area contributed by atoms with Gasteiger partial charge >= 0.3 is 0 Å². The highest BCUT2D eigenvalue weighted by Crippen LogP contribution is 2.64. The van der Waals surface area contributed by atoms with Crippen molar-refractivity contribution in [2.24, 2.45) is 0 Å². The number of hydrogen-bond acceptors (Lipinski definition) is 3. The number of hydrogen-bond donors (Lipinski definition) is 0. The predicted molar refractivity (Wildman–Crippen MR) is 235 cm³/mol. The van der Waals surface area contributed by atoms with Gasteiger partial charge in [-0.3, -0.25) is 0 Å². The highest BCUT2D eigenvalue weighted by molar-refractivity contribution is 7.99. The monoisotopic (exact) mass is 732 g/mol. The zero-order valence-corrected chi connectivity index (χ0v) is 31.4. The molecule has 264 valence electrons.